The molecule has 0 radical (unpaired) electrons. The molecule has 6 nitrogen and oxygen atoms in total. The zero-order chi connectivity index (χ0) is 16.1. The molecule has 0 aliphatic heterocycles. The summed E-state index contributed by atoms with van der Waals surface area (Å²) in [7, 11) is -0.774. The van der Waals surface area contributed by atoms with Gasteiger partial charge >= 0.3 is 6.03 Å². The fourth-order valence-electron chi connectivity index (χ4n) is 2.79. The molecule has 2 N–H and O–H groups in total. The highest BCUT2D eigenvalue weighted by molar-refractivity contribution is 7.85. The van der Waals surface area contributed by atoms with Gasteiger partial charge in [-0.15, -0.1) is 0 Å². The molecule has 1 aliphatic rings. The Morgan fingerprint density at radius 2 is 2.27 bits per heavy atom. The number of anilines is 1. The molecule has 0 spiro atoms. The number of carbonyl (C=O) groups excluding carboxylic acids is 1. The van der Waals surface area contributed by atoms with Gasteiger partial charge in [0.25, 0.3) is 0 Å². The van der Waals surface area contributed by atoms with Crippen LogP contribution in [0.15, 0.2) is 12.4 Å². The van der Waals surface area contributed by atoms with Crippen molar-refractivity contribution in [2.24, 2.45) is 0 Å². The summed E-state index contributed by atoms with van der Waals surface area (Å²) >= 11 is 0. The third kappa shape index (κ3) is 4.56. The molecule has 0 unspecified atom stereocenters. The minimum Gasteiger partial charge on any atom is -0.335 e. The average Bonchev–Trinajstić information content (AvgIpc) is 2.95. The first-order valence-corrected chi connectivity index (χ1v) is 9.36. The predicted octanol–water partition coefficient (Wildman–Crippen LogP) is 2.67. The quantitative estimate of drug-likeness (QED) is 0.873. The number of hydrogen-bond acceptors (Lipinski definition) is 3. The van der Waals surface area contributed by atoms with Gasteiger partial charge in [0.2, 0.25) is 0 Å². The first-order valence-electron chi connectivity index (χ1n) is 7.98. The summed E-state index contributed by atoms with van der Waals surface area (Å²) in [5.74, 6) is 0.692. The molecule has 2 rings (SSSR count). The summed E-state index contributed by atoms with van der Waals surface area (Å²) in [6, 6.07) is 0.160. The molecular weight excluding hydrogens is 300 g/mol. The van der Waals surface area contributed by atoms with Crippen molar-refractivity contribution < 1.29 is 9.00 Å². The molecule has 1 aromatic heterocycles. The Morgan fingerprint density at radius 3 is 2.91 bits per heavy atom. The Balaban J connectivity index is 1.84. The second-order valence-electron chi connectivity index (χ2n) is 6.06. The van der Waals surface area contributed by atoms with E-state index in [1.165, 1.54) is 0 Å². The first-order chi connectivity index (χ1) is 10.5. The maximum atomic E-state index is 12.1. The van der Waals surface area contributed by atoms with Crippen LogP contribution in [-0.4, -0.2) is 37.1 Å². The highest BCUT2D eigenvalue weighted by Gasteiger charge is 2.26. The SMILES string of the molecule is CC[S@@](=O)[C@H]1CCC[C@H](NC(=O)Nc2cnn(C(C)C)c2)C1. The maximum absolute atomic E-state index is 12.1. The zero-order valence-corrected chi connectivity index (χ0v) is 14.4. The number of hydrogen-bond donors (Lipinski definition) is 2. The van der Waals surface area contributed by atoms with Crippen molar-refractivity contribution in [3.8, 4) is 0 Å². The van der Waals surface area contributed by atoms with Crippen molar-refractivity contribution in [1.29, 1.82) is 0 Å². The van der Waals surface area contributed by atoms with Crippen molar-refractivity contribution >= 4 is 22.5 Å². The van der Waals surface area contributed by atoms with Crippen LogP contribution in [-0.2, 0) is 10.8 Å². The molecule has 0 saturated heterocycles. The number of nitrogens with zero attached hydrogens (tertiary/aromatic N) is 2. The lowest BCUT2D eigenvalue weighted by Crippen LogP contribution is -2.42. The van der Waals surface area contributed by atoms with Crippen molar-refractivity contribution in [3.05, 3.63) is 12.4 Å². The summed E-state index contributed by atoms with van der Waals surface area (Å²) in [6.07, 6.45) is 7.25. The van der Waals surface area contributed by atoms with E-state index in [0.29, 0.717) is 11.4 Å². The van der Waals surface area contributed by atoms with E-state index < -0.39 is 10.8 Å². The lowest BCUT2D eigenvalue weighted by molar-refractivity contribution is 0.244. The van der Waals surface area contributed by atoms with E-state index in [-0.39, 0.29) is 23.4 Å². The second kappa shape index (κ2) is 7.76. The zero-order valence-electron chi connectivity index (χ0n) is 13.5. The maximum Gasteiger partial charge on any atom is 0.319 e. The number of urea groups is 1. The van der Waals surface area contributed by atoms with E-state index in [4.69, 9.17) is 0 Å². The molecule has 0 bridgehead atoms. The Morgan fingerprint density at radius 1 is 1.50 bits per heavy atom. The fraction of sp³-hybridized carbons (Fsp3) is 0.733. The second-order valence-corrected chi connectivity index (χ2v) is 8.06. The van der Waals surface area contributed by atoms with Crippen LogP contribution >= 0.6 is 0 Å². The lowest BCUT2D eigenvalue weighted by atomic mass is 9.95. The van der Waals surface area contributed by atoms with Crippen LogP contribution in [0.5, 0.6) is 0 Å². The molecule has 0 aromatic carbocycles. The van der Waals surface area contributed by atoms with Crippen molar-refractivity contribution in [3.63, 3.8) is 0 Å². The van der Waals surface area contributed by atoms with Crippen molar-refractivity contribution in [1.82, 2.24) is 15.1 Å². The fourth-order valence-corrected chi connectivity index (χ4v) is 4.14. The highest BCUT2D eigenvalue weighted by Crippen LogP contribution is 2.23. The third-order valence-electron chi connectivity index (χ3n) is 4.01. The van der Waals surface area contributed by atoms with E-state index in [2.05, 4.69) is 15.7 Å². The number of nitrogens with one attached hydrogen (secondary N) is 2. The van der Waals surface area contributed by atoms with E-state index in [0.717, 1.165) is 25.7 Å². The number of rotatable bonds is 5. The lowest BCUT2D eigenvalue weighted by Gasteiger charge is -2.29. The number of carbonyl (C=O) groups is 1. The summed E-state index contributed by atoms with van der Waals surface area (Å²) < 4.78 is 13.7. The summed E-state index contributed by atoms with van der Waals surface area (Å²) in [5.41, 5.74) is 0.690. The van der Waals surface area contributed by atoms with Crippen LogP contribution in [0.1, 0.15) is 52.5 Å². The van der Waals surface area contributed by atoms with E-state index in [9.17, 15) is 9.00 Å². The van der Waals surface area contributed by atoms with Gasteiger partial charge in [0.05, 0.1) is 11.9 Å². The number of aromatic nitrogens is 2. The Kier molecular flexibility index (Phi) is 5.99. The van der Waals surface area contributed by atoms with Gasteiger partial charge in [0.15, 0.2) is 0 Å². The van der Waals surface area contributed by atoms with Gasteiger partial charge in [-0.25, -0.2) is 4.79 Å². The van der Waals surface area contributed by atoms with E-state index >= 15 is 0 Å². The minimum absolute atomic E-state index is 0.106. The standard InChI is InChI=1S/C15H26N4O2S/c1-4-22(21)14-7-5-6-12(8-14)17-15(20)18-13-9-16-19(10-13)11(2)3/h9-12,14H,4-8H2,1-3H3,(H2,17,18,20)/t12-,14-,22+/m0/s1. The van der Waals surface area contributed by atoms with E-state index in [1.807, 2.05) is 27.0 Å². The molecule has 124 valence electrons. The monoisotopic (exact) mass is 326 g/mol. The summed E-state index contributed by atoms with van der Waals surface area (Å²) in [5, 5.41) is 10.2. The van der Waals surface area contributed by atoms with E-state index in [1.54, 1.807) is 10.9 Å². The topological polar surface area (TPSA) is 76.0 Å². The van der Waals surface area contributed by atoms with Gasteiger partial charge < -0.3 is 10.6 Å². The molecule has 1 aliphatic carbocycles. The van der Waals surface area contributed by atoms with Gasteiger partial charge in [0.1, 0.15) is 0 Å². The molecular formula is C15H26N4O2S. The molecule has 2 amide bonds. The van der Waals surface area contributed by atoms with Crippen LogP contribution < -0.4 is 10.6 Å². The highest BCUT2D eigenvalue weighted by atomic mass is 32.2. The van der Waals surface area contributed by atoms with Gasteiger partial charge in [-0.3, -0.25) is 8.89 Å². The average molecular weight is 326 g/mol. The summed E-state index contributed by atoms with van der Waals surface area (Å²) in [4.78, 5) is 12.1. The molecule has 1 heterocycles. The van der Waals surface area contributed by atoms with Gasteiger partial charge in [-0.2, -0.15) is 5.10 Å². The normalized spacial score (nSPS) is 23.3. The molecule has 22 heavy (non-hydrogen) atoms. The molecule has 7 heteroatoms. The molecule has 1 saturated carbocycles. The summed E-state index contributed by atoms with van der Waals surface area (Å²) in [6.45, 7) is 6.02. The minimum atomic E-state index is -0.774. The smallest absolute Gasteiger partial charge is 0.319 e. The number of amides is 2. The predicted molar refractivity (Wildman–Crippen MR) is 89.5 cm³/mol. The molecule has 1 aromatic rings. The third-order valence-corrected chi connectivity index (χ3v) is 5.75. The van der Waals surface area contributed by atoms with Crippen LogP contribution in [0, 0.1) is 0 Å². The van der Waals surface area contributed by atoms with Gasteiger partial charge in [0, 0.05) is 40.1 Å². The van der Waals surface area contributed by atoms with Crippen LogP contribution in [0.4, 0.5) is 10.5 Å². The van der Waals surface area contributed by atoms with Gasteiger partial charge in [-0.1, -0.05) is 13.3 Å². The molecule has 3 atom stereocenters. The Bertz CT molecular complexity index is 529. The van der Waals surface area contributed by atoms with Gasteiger partial charge in [-0.05, 0) is 33.1 Å². The Labute approximate surface area is 134 Å². The van der Waals surface area contributed by atoms with Crippen LogP contribution in [0.25, 0.3) is 0 Å². The largest absolute Gasteiger partial charge is 0.335 e. The van der Waals surface area contributed by atoms with Crippen molar-refractivity contribution in [2.45, 2.75) is 63.8 Å². The Hall–Kier alpha value is -1.37. The van der Waals surface area contributed by atoms with Crippen LogP contribution in [0.3, 0.4) is 0 Å². The molecule has 1 fully saturated rings. The van der Waals surface area contributed by atoms with Crippen LogP contribution in [0.2, 0.25) is 0 Å². The van der Waals surface area contributed by atoms with Crippen molar-refractivity contribution in [2.75, 3.05) is 11.1 Å². The first kappa shape index (κ1) is 17.0.